The van der Waals surface area contributed by atoms with Gasteiger partial charge in [0.25, 0.3) is 0 Å². The van der Waals surface area contributed by atoms with Gasteiger partial charge in [-0.05, 0) is 43.9 Å². The zero-order chi connectivity index (χ0) is 13.9. The van der Waals surface area contributed by atoms with Crippen molar-refractivity contribution in [3.63, 3.8) is 0 Å². The van der Waals surface area contributed by atoms with Crippen LogP contribution in [0.15, 0.2) is 34.7 Å². The van der Waals surface area contributed by atoms with Crippen LogP contribution < -0.4 is 5.32 Å². The van der Waals surface area contributed by atoms with E-state index in [0.717, 1.165) is 17.3 Å². The van der Waals surface area contributed by atoms with Gasteiger partial charge in [-0.1, -0.05) is 44.4 Å². The third kappa shape index (κ3) is 2.62. The molecule has 1 aromatic carbocycles. The maximum Gasteiger partial charge on any atom is 0.134 e. The third-order valence-corrected chi connectivity index (χ3v) is 4.93. The van der Waals surface area contributed by atoms with Crippen molar-refractivity contribution in [1.82, 2.24) is 5.32 Å². The van der Waals surface area contributed by atoms with Crippen molar-refractivity contribution < 1.29 is 4.42 Å². The lowest BCUT2D eigenvalue weighted by Gasteiger charge is -2.33. The summed E-state index contributed by atoms with van der Waals surface area (Å²) in [6.07, 6.45) is 6.73. The molecule has 1 aromatic heterocycles. The van der Waals surface area contributed by atoms with Crippen LogP contribution in [-0.2, 0) is 0 Å². The van der Waals surface area contributed by atoms with Gasteiger partial charge in [0.15, 0.2) is 0 Å². The van der Waals surface area contributed by atoms with Gasteiger partial charge in [-0.15, -0.1) is 0 Å². The monoisotopic (exact) mass is 271 g/mol. The van der Waals surface area contributed by atoms with Gasteiger partial charge in [-0.3, -0.25) is 0 Å². The van der Waals surface area contributed by atoms with Gasteiger partial charge in [-0.2, -0.15) is 0 Å². The highest BCUT2D eigenvalue weighted by Gasteiger charge is 2.29. The molecule has 2 heteroatoms. The van der Waals surface area contributed by atoms with Crippen molar-refractivity contribution in [3.8, 4) is 0 Å². The number of nitrogens with one attached hydrogen (secondary N) is 1. The summed E-state index contributed by atoms with van der Waals surface area (Å²) in [6.45, 7) is 2.32. The Hall–Kier alpha value is -1.28. The van der Waals surface area contributed by atoms with E-state index in [1.165, 1.54) is 37.5 Å². The molecule has 1 aliphatic carbocycles. The molecule has 1 aliphatic rings. The molecule has 108 valence electrons. The fourth-order valence-electron chi connectivity index (χ4n) is 3.77. The molecule has 1 N–H and O–H groups in total. The Labute approximate surface area is 121 Å². The Kier molecular flexibility index (Phi) is 4.11. The molecule has 0 saturated heterocycles. The Morgan fingerprint density at radius 3 is 2.90 bits per heavy atom. The fourth-order valence-corrected chi connectivity index (χ4v) is 3.77. The standard InChI is InChI=1S/C18H25NO/c1-3-13-7-6-9-15(11-13)18(19-2)17-12-14-8-4-5-10-16(14)20-17/h4-5,8,10,12-13,15,18-19H,3,6-7,9,11H2,1-2H3. The minimum Gasteiger partial charge on any atom is -0.459 e. The van der Waals surface area contributed by atoms with E-state index >= 15 is 0 Å². The SMILES string of the molecule is CCC1CCCC(C(NC)c2cc3ccccc3o2)C1. The number of benzene rings is 1. The molecule has 3 rings (SSSR count). The number of hydrogen-bond acceptors (Lipinski definition) is 2. The van der Waals surface area contributed by atoms with Crippen molar-refractivity contribution >= 4 is 11.0 Å². The summed E-state index contributed by atoms with van der Waals surface area (Å²) in [5, 5.41) is 4.71. The number of fused-ring (bicyclic) bond motifs is 1. The molecule has 0 amide bonds. The summed E-state index contributed by atoms with van der Waals surface area (Å²) >= 11 is 0. The van der Waals surface area contributed by atoms with Crippen molar-refractivity contribution in [1.29, 1.82) is 0 Å². The van der Waals surface area contributed by atoms with Crippen LogP contribution in [0.4, 0.5) is 0 Å². The zero-order valence-electron chi connectivity index (χ0n) is 12.6. The molecule has 1 fully saturated rings. The summed E-state index contributed by atoms with van der Waals surface area (Å²) < 4.78 is 6.08. The predicted molar refractivity (Wildman–Crippen MR) is 83.8 cm³/mol. The summed E-state index contributed by atoms with van der Waals surface area (Å²) in [5.41, 5.74) is 1.01. The first kappa shape index (κ1) is 13.7. The van der Waals surface area contributed by atoms with Crippen LogP contribution in [0.5, 0.6) is 0 Å². The van der Waals surface area contributed by atoms with Crippen molar-refractivity contribution in [2.75, 3.05) is 7.05 Å². The molecule has 2 nitrogen and oxygen atoms in total. The molecule has 0 radical (unpaired) electrons. The van der Waals surface area contributed by atoms with Crippen LogP contribution in [0, 0.1) is 11.8 Å². The van der Waals surface area contributed by atoms with Gasteiger partial charge in [0, 0.05) is 5.39 Å². The van der Waals surface area contributed by atoms with E-state index < -0.39 is 0 Å². The third-order valence-electron chi connectivity index (χ3n) is 4.93. The molecule has 3 unspecified atom stereocenters. The molecule has 0 spiro atoms. The first-order valence-electron chi connectivity index (χ1n) is 7.97. The fraction of sp³-hybridized carbons (Fsp3) is 0.556. The van der Waals surface area contributed by atoms with Crippen LogP contribution in [0.2, 0.25) is 0 Å². The lowest BCUT2D eigenvalue weighted by Crippen LogP contribution is -2.29. The first-order chi connectivity index (χ1) is 9.81. The quantitative estimate of drug-likeness (QED) is 0.854. The highest BCUT2D eigenvalue weighted by molar-refractivity contribution is 5.77. The Bertz CT molecular complexity index is 526. The lowest BCUT2D eigenvalue weighted by molar-refractivity contribution is 0.201. The Morgan fingerprint density at radius 2 is 2.15 bits per heavy atom. The second kappa shape index (κ2) is 6.01. The van der Waals surface area contributed by atoms with E-state index in [-0.39, 0.29) is 0 Å². The van der Waals surface area contributed by atoms with Crippen molar-refractivity contribution in [3.05, 3.63) is 36.1 Å². The number of furan rings is 1. The smallest absolute Gasteiger partial charge is 0.134 e. The van der Waals surface area contributed by atoms with Gasteiger partial charge < -0.3 is 9.73 Å². The van der Waals surface area contributed by atoms with E-state index in [1.54, 1.807) is 0 Å². The molecular weight excluding hydrogens is 246 g/mol. The van der Waals surface area contributed by atoms with E-state index in [9.17, 15) is 0 Å². The maximum atomic E-state index is 6.08. The average molecular weight is 271 g/mol. The summed E-state index contributed by atoms with van der Waals surface area (Å²) in [6, 6.07) is 10.9. The highest BCUT2D eigenvalue weighted by atomic mass is 16.3. The number of hydrogen-bond donors (Lipinski definition) is 1. The Morgan fingerprint density at radius 1 is 1.30 bits per heavy atom. The minimum absolute atomic E-state index is 0.358. The topological polar surface area (TPSA) is 25.2 Å². The molecule has 0 aliphatic heterocycles. The lowest BCUT2D eigenvalue weighted by atomic mass is 9.76. The van der Waals surface area contributed by atoms with Gasteiger partial charge >= 0.3 is 0 Å². The van der Waals surface area contributed by atoms with Gasteiger partial charge in [0.1, 0.15) is 11.3 Å². The first-order valence-corrected chi connectivity index (χ1v) is 7.97. The average Bonchev–Trinajstić information content (AvgIpc) is 2.91. The molecule has 1 heterocycles. The summed E-state index contributed by atoms with van der Waals surface area (Å²) in [4.78, 5) is 0. The van der Waals surface area contributed by atoms with E-state index in [4.69, 9.17) is 4.42 Å². The maximum absolute atomic E-state index is 6.08. The molecule has 3 atom stereocenters. The molecule has 0 bridgehead atoms. The second-order valence-corrected chi connectivity index (χ2v) is 6.15. The Balaban J connectivity index is 1.85. The van der Waals surface area contributed by atoms with Crippen molar-refractivity contribution in [2.45, 2.75) is 45.1 Å². The van der Waals surface area contributed by atoms with Crippen LogP contribution in [0.3, 0.4) is 0 Å². The van der Waals surface area contributed by atoms with Crippen molar-refractivity contribution in [2.24, 2.45) is 11.8 Å². The van der Waals surface area contributed by atoms with Gasteiger partial charge in [0.2, 0.25) is 0 Å². The molecule has 20 heavy (non-hydrogen) atoms. The van der Waals surface area contributed by atoms with E-state index in [0.29, 0.717) is 12.0 Å². The van der Waals surface area contributed by atoms with E-state index in [1.807, 2.05) is 6.07 Å². The van der Waals surface area contributed by atoms with Crippen LogP contribution in [-0.4, -0.2) is 7.05 Å². The molecular formula is C18H25NO. The highest BCUT2D eigenvalue weighted by Crippen LogP contribution is 2.39. The second-order valence-electron chi connectivity index (χ2n) is 6.15. The molecule has 1 saturated carbocycles. The van der Waals surface area contributed by atoms with Crippen LogP contribution in [0.1, 0.15) is 50.8 Å². The van der Waals surface area contributed by atoms with E-state index in [2.05, 4.69) is 43.6 Å². The predicted octanol–water partition coefficient (Wildman–Crippen LogP) is 4.91. The molecule has 2 aromatic rings. The normalized spacial score (nSPS) is 24.9. The number of para-hydroxylation sites is 1. The largest absolute Gasteiger partial charge is 0.459 e. The number of rotatable bonds is 4. The summed E-state index contributed by atoms with van der Waals surface area (Å²) in [7, 11) is 2.06. The zero-order valence-corrected chi connectivity index (χ0v) is 12.6. The minimum atomic E-state index is 0.358. The van der Waals surface area contributed by atoms with Crippen LogP contribution in [0.25, 0.3) is 11.0 Å². The van der Waals surface area contributed by atoms with Gasteiger partial charge in [0.05, 0.1) is 6.04 Å². The van der Waals surface area contributed by atoms with Crippen LogP contribution >= 0.6 is 0 Å². The summed E-state index contributed by atoms with van der Waals surface area (Å²) in [5.74, 6) is 2.71. The van der Waals surface area contributed by atoms with Gasteiger partial charge in [-0.25, -0.2) is 0 Å².